The molecule has 1 fully saturated rings. The summed E-state index contributed by atoms with van der Waals surface area (Å²) in [5.74, 6) is 0.775. The lowest BCUT2D eigenvalue weighted by atomic mass is 9.99. The van der Waals surface area contributed by atoms with Crippen LogP contribution in [0.2, 0.25) is 0 Å². The molecule has 15 heavy (non-hydrogen) atoms. The molecule has 0 aliphatic carbocycles. The zero-order valence-corrected chi connectivity index (χ0v) is 11.2. The zero-order valence-electron chi connectivity index (χ0n) is 10.5. The molecule has 0 atom stereocenters. The van der Waals surface area contributed by atoms with Gasteiger partial charge in [-0.05, 0) is 47.1 Å². The van der Waals surface area contributed by atoms with Crippen molar-refractivity contribution in [2.75, 3.05) is 25.5 Å². The van der Waals surface area contributed by atoms with E-state index in [4.69, 9.17) is 16.3 Å². The third kappa shape index (κ3) is 4.71. The highest BCUT2D eigenvalue weighted by atomic mass is 35.5. The molecule has 90 valence electrons. The van der Waals surface area contributed by atoms with E-state index in [1.54, 1.807) is 0 Å². The molecule has 1 aliphatic heterocycles. The minimum absolute atomic E-state index is 0.0251. The van der Waals surface area contributed by atoms with E-state index in [9.17, 15) is 0 Å². The first-order valence-electron chi connectivity index (χ1n) is 5.83. The Balaban J connectivity index is 2.44. The minimum atomic E-state index is -0.0251. The van der Waals surface area contributed by atoms with E-state index in [2.05, 4.69) is 32.6 Å². The predicted molar refractivity (Wildman–Crippen MR) is 65.6 cm³/mol. The van der Waals surface area contributed by atoms with Gasteiger partial charge < -0.3 is 4.74 Å². The van der Waals surface area contributed by atoms with Gasteiger partial charge in [-0.25, -0.2) is 0 Å². The second-order valence-corrected chi connectivity index (χ2v) is 6.11. The quantitative estimate of drug-likeness (QED) is 0.547. The van der Waals surface area contributed by atoms with Crippen LogP contribution in [0.15, 0.2) is 0 Å². The van der Waals surface area contributed by atoms with E-state index in [0.717, 1.165) is 31.9 Å². The van der Waals surface area contributed by atoms with Crippen molar-refractivity contribution in [3.05, 3.63) is 0 Å². The molecular weight excluding hydrogens is 210 g/mol. The molecule has 0 aromatic heterocycles. The lowest BCUT2D eigenvalue weighted by Crippen LogP contribution is -2.57. The summed E-state index contributed by atoms with van der Waals surface area (Å²) in [5.41, 5.74) is -0.0502. The van der Waals surface area contributed by atoms with Crippen LogP contribution >= 0.6 is 11.6 Å². The van der Waals surface area contributed by atoms with Crippen molar-refractivity contribution in [2.24, 2.45) is 0 Å². The summed E-state index contributed by atoms with van der Waals surface area (Å²) in [7, 11) is 0. The highest BCUT2D eigenvalue weighted by Crippen LogP contribution is 2.27. The highest BCUT2D eigenvalue weighted by Gasteiger charge is 2.37. The molecule has 1 saturated heterocycles. The SMILES string of the molecule is CC1(C)CN(CCCCCl)CC(C)(C)O1. The smallest absolute Gasteiger partial charge is 0.0760 e. The summed E-state index contributed by atoms with van der Waals surface area (Å²) in [5, 5.41) is 0. The first-order valence-corrected chi connectivity index (χ1v) is 6.37. The molecule has 0 bridgehead atoms. The first kappa shape index (κ1) is 13.3. The summed E-state index contributed by atoms with van der Waals surface area (Å²) in [6.07, 6.45) is 2.30. The molecule has 0 radical (unpaired) electrons. The van der Waals surface area contributed by atoms with Crippen LogP contribution in [-0.2, 0) is 4.74 Å². The standard InChI is InChI=1S/C12H24ClNO/c1-11(2)9-14(8-6-5-7-13)10-12(3,4)15-11/h5-10H2,1-4H3. The topological polar surface area (TPSA) is 12.5 Å². The van der Waals surface area contributed by atoms with Gasteiger partial charge in [-0.1, -0.05) is 0 Å². The molecule has 2 nitrogen and oxygen atoms in total. The molecule has 1 aliphatic rings. The molecule has 3 heteroatoms. The molecule has 0 spiro atoms. The average molecular weight is 234 g/mol. The van der Waals surface area contributed by atoms with Gasteiger partial charge in [-0.2, -0.15) is 0 Å². The second kappa shape index (κ2) is 5.03. The number of hydrogen-bond donors (Lipinski definition) is 0. The van der Waals surface area contributed by atoms with Gasteiger partial charge in [0.1, 0.15) is 0 Å². The van der Waals surface area contributed by atoms with Gasteiger partial charge in [-0.15, -0.1) is 11.6 Å². The van der Waals surface area contributed by atoms with Crippen LogP contribution in [0.1, 0.15) is 40.5 Å². The molecule has 0 aromatic rings. The maximum atomic E-state index is 6.03. The van der Waals surface area contributed by atoms with Crippen LogP contribution in [-0.4, -0.2) is 41.6 Å². The Morgan fingerprint density at radius 2 is 1.60 bits per heavy atom. The summed E-state index contributed by atoms with van der Waals surface area (Å²) in [6.45, 7) is 11.9. The lowest BCUT2D eigenvalue weighted by molar-refractivity contribution is -0.180. The van der Waals surface area contributed by atoms with Crippen LogP contribution in [0.3, 0.4) is 0 Å². The fourth-order valence-corrected chi connectivity index (χ4v) is 2.72. The van der Waals surface area contributed by atoms with Crippen molar-refractivity contribution in [1.82, 2.24) is 4.90 Å². The Labute approximate surface area is 98.9 Å². The van der Waals surface area contributed by atoms with Crippen molar-refractivity contribution < 1.29 is 4.74 Å². The van der Waals surface area contributed by atoms with Crippen LogP contribution in [0.5, 0.6) is 0 Å². The first-order chi connectivity index (χ1) is 6.85. The Morgan fingerprint density at radius 1 is 1.07 bits per heavy atom. The third-order valence-electron chi connectivity index (χ3n) is 2.62. The lowest BCUT2D eigenvalue weighted by Gasteiger charge is -2.47. The van der Waals surface area contributed by atoms with Crippen molar-refractivity contribution in [3.63, 3.8) is 0 Å². The van der Waals surface area contributed by atoms with Crippen LogP contribution in [0, 0.1) is 0 Å². The van der Waals surface area contributed by atoms with E-state index < -0.39 is 0 Å². The minimum Gasteiger partial charge on any atom is -0.367 e. The number of halogens is 1. The van der Waals surface area contributed by atoms with E-state index >= 15 is 0 Å². The Hall–Kier alpha value is 0.210. The summed E-state index contributed by atoms with van der Waals surface area (Å²) in [4.78, 5) is 2.50. The molecule has 0 aromatic carbocycles. The van der Waals surface area contributed by atoms with Crippen LogP contribution < -0.4 is 0 Å². The van der Waals surface area contributed by atoms with Gasteiger partial charge in [0.25, 0.3) is 0 Å². The Kier molecular flexibility index (Phi) is 4.45. The maximum Gasteiger partial charge on any atom is 0.0760 e. The van der Waals surface area contributed by atoms with E-state index in [1.807, 2.05) is 0 Å². The highest BCUT2D eigenvalue weighted by molar-refractivity contribution is 6.17. The van der Waals surface area contributed by atoms with Gasteiger partial charge in [0, 0.05) is 19.0 Å². The molecular formula is C12H24ClNO. The number of ether oxygens (including phenoxy) is 1. The largest absolute Gasteiger partial charge is 0.367 e. The Bertz CT molecular complexity index is 188. The van der Waals surface area contributed by atoms with Gasteiger partial charge in [0.15, 0.2) is 0 Å². The molecule has 0 saturated carbocycles. The van der Waals surface area contributed by atoms with Crippen molar-refractivity contribution in [3.8, 4) is 0 Å². The third-order valence-corrected chi connectivity index (χ3v) is 2.89. The number of rotatable bonds is 4. The number of nitrogens with zero attached hydrogens (tertiary/aromatic N) is 1. The summed E-state index contributed by atoms with van der Waals surface area (Å²) >= 11 is 5.69. The van der Waals surface area contributed by atoms with E-state index in [1.165, 1.54) is 6.42 Å². The predicted octanol–water partition coefficient (Wildman–Crippen LogP) is 2.89. The van der Waals surface area contributed by atoms with Crippen LogP contribution in [0.4, 0.5) is 0 Å². The maximum absolute atomic E-state index is 6.03. The monoisotopic (exact) mass is 233 g/mol. The normalized spacial score (nSPS) is 25.4. The molecule has 0 amide bonds. The van der Waals surface area contributed by atoms with Crippen molar-refractivity contribution in [2.45, 2.75) is 51.7 Å². The number of unbranched alkanes of at least 4 members (excludes halogenated alkanes) is 1. The van der Waals surface area contributed by atoms with Crippen molar-refractivity contribution in [1.29, 1.82) is 0 Å². The fraction of sp³-hybridized carbons (Fsp3) is 1.00. The van der Waals surface area contributed by atoms with Gasteiger partial charge >= 0.3 is 0 Å². The molecule has 0 unspecified atom stereocenters. The van der Waals surface area contributed by atoms with Gasteiger partial charge in [-0.3, -0.25) is 4.90 Å². The number of morpholine rings is 1. The molecule has 1 rings (SSSR count). The molecule has 0 N–H and O–H groups in total. The fourth-order valence-electron chi connectivity index (χ4n) is 2.53. The second-order valence-electron chi connectivity index (χ2n) is 5.73. The van der Waals surface area contributed by atoms with Gasteiger partial charge in [0.05, 0.1) is 11.2 Å². The van der Waals surface area contributed by atoms with E-state index in [0.29, 0.717) is 0 Å². The summed E-state index contributed by atoms with van der Waals surface area (Å²) in [6, 6.07) is 0. The summed E-state index contributed by atoms with van der Waals surface area (Å²) < 4.78 is 6.03. The van der Waals surface area contributed by atoms with E-state index in [-0.39, 0.29) is 11.2 Å². The number of alkyl halides is 1. The zero-order chi connectivity index (χ0) is 11.5. The van der Waals surface area contributed by atoms with Crippen LogP contribution in [0.25, 0.3) is 0 Å². The van der Waals surface area contributed by atoms with Gasteiger partial charge in [0.2, 0.25) is 0 Å². The number of hydrogen-bond acceptors (Lipinski definition) is 2. The average Bonchev–Trinajstić information content (AvgIpc) is 1.98. The molecule has 1 heterocycles. The Morgan fingerprint density at radius 3 is 2.07 bits per heavy atom. The van der Waals surface area contributed by atoms with Crippen molar-refractivity contribution >= 4 is 11.6 Å².